The number of benzene rings is 1. The Kier molecular flexibility index (Phi) is 5.48. The molecule has 1 aromatic carbocycles. The maximum absolute atomic E-state index is 13.3. The average Bonchev–Trinajstić information content (AvgIpc) is 3.10. The number of fused-ring (bicyclic) bond motifs is 1. The first-order valence-electron chi connectivity index (χ1n) is 10.2. The number of imidazole rings is 1. The van der Waals surface area contributed by atoms with Gasteiger partial charge in [-0.2, -0.15) is 0 Å². The van der Waals surface area contributed by atoms with Crippen LogP contribution in [-0.2, 0) is 11.2 Å². The van der Waals surface area contributed by atoms with E-state index in [1.807, 2.05) is 0 Å². The highest BCUT2D eigenvalue weighted by Crippen LogP contribution is 2.31. The van der Waals surface area contributed by atoms with Gasteiger partial charge in [-0.3, -0.25) is 19.1 Å². The molecular formula is C21H24FN5O4. The lowest BCUT2D eigenvalue weighted by atomic mass is 9.88. The number of likely N-dealkylation sites (tertiary alicyclic amines) is 1. The molecule has 9 nitrogen and oxygen atoms in total. The SMILES string of the molecule is C[C@@]1(O)CCN(C(=O)CCCc2nc3ccc(F)cc3[nH]2)C[C@H]1n1ccc(=O)[nH]c1=O. The summed E-state index contributed by atoms with van der Waals surface area (Å²) in [6, 6.07) is 4.90. The van der Waals surface area contributed by atoms with E-state index in [4.69, 9.17) is 0 Å². The summed E-state index contributed by atoms with van der Waals surface area (Å²) in [5.74, 6) is 0.266. The lowest BCUT2D eigenvalue weighted by Crippen LogP contribution is -2.54. The van der Waals surface area contributed by atoms with Crippen molar-refractivity contribution >= 4 is 16.9 Å². The smallest absolute Gasteiger partial charge is 0.328 e. The average molecular weight is 429 g/mol. The topological polar surface area (TPSA) is 124 Å². The van der Waals surface area contributed by atoms with Gasteiger partial charge in [0.2, 0.25) is 5.91 Å². The third-order valence-corrected chi connectivity index (χ3v) is 5.84. The highest BCUT2D eigenvalue weighted by molar-refractivity contribution is 5.76. The van der Waals surface area contributed by atoms with Gasteiger partial charge in [0.25, 0.3) is 5.56 Å². The van der Waals surface area contributed by atoms with Crippen LogP contribution < -0.4 is 11.2 Å². The van der Waals surface area contributed by atoms with Crippen molar-refractivity contribution in [1.29, 1.82) is 0 Å². The third kappa shape index (κ3) is 4.43. The molecule has 1 amide bonds. The first kappa shape index (κ1) is 21.0. The predicted molar refractivity (Wildman–Crippen MR) is 111 cm³/mol. The highest BCUT2D eigenvalue weighted by Gasteiger charge is 2.40. The van der Waals surface area contributed by atoms with Crippen LogP contribution in [0.15, 0.2) is 40.1 Å². The molecule has 164 valence electrons. The lowest BCUT2D eigenvalue weighted by molar-refractivity contribution is -0.138. The lowest BCUT2D eigenvalue weighted by Gasteiger charge is -2.43. The molecule has 3 N–H and O–H groups in total. The number of halogens is 1. The fraction of sp³-hybridized carbons (Fsp3) is 0.429. The van der Waals surface area contributed by atoms with Crippen molar-refractivity contribution in [2.24, 2.45) is 0 Å². The van der Waals surface area contributed by atoms with E-state index in [2.05, 4.69) is 15.0 Å². The van der Waals surface area contributed by atoms with E-state index in [1.165, 1.54) is 29.0 Å². The zero-order valence-corrected chi connectivity index (χ0v) is 17.1. The molecule has 10 heteroatoms. The summed E-state index contributed by atoms with van der Waals surface area (Å²) in [5, 5.41) is 10.8. The van der Waals surface area contributed by atoms with Crippen LogP contribution in [0.2, 0.25) is 0 Å². The molecule has 0 radical (unpaired) electrons. The number of rotatable bonds is 5. The van der Waals surface area contributed by atoms with Crippen molar-refractivity contribution in [3.05, 3.63) is 62.9 Å². The fourth-order valence-corrected chi connectivity index (χ4v) is 4.03. The Bertz CT molecular complexity index is 1230. The highest BCUT2D eigenvalue weighted by atomic mass is 19.1. The minimum absolute atomic E-state index is 0.0832. The summed E-state index contributed by atoms with van der Waals surface area (Å²) >= 11 is 0. The molecule has 0 bridgehead atoms. The number of hydrogen-bond acceptors (Lipinski definition) is 5. The van der Waals surface area contributed by atoms with Crippen LogP contribution in [0.4, 0.5) is 4.39 Å². The van der Waals surface area contributed by atoms with Crippen molar-refractivity contribution in [2.75, 3.05) is 13.1 Å². The van der Waals surface area contributed by atoms with E-state index in [-0.39, 0.29) is 24.7 Å². The van der Waals surface area contributed by atoms with Gasteiger partial charge in [-0.05, 0) is 38.0 Å². The molecule has 2 aromatic heterocycles. The number of hydrogen-bond donors (Lipinski definition) is 3. The van der Waals surface area contributed by atoms with E-state index < -0.39 is 22.9 Å². The van der Waals surface area contributed by atoms with Crippen LogP contribution in [0.25, 0.3) is 11.0 Å². The zero-order chi connectivity index (χ0) is 22.2. The van der Waals surface area contributed by atoms with E-state index in [0.717, 1.165) is 0 Å². The first-order chi connectivity index (χ1) is 14.7. The van der Waals surface area contributed by atoms with Crippen LogP contribution in [0.3, 0.4) is 0 Å². The molecular weight excluding hydrogens is 405 g/mol. The van der Waals surface area contributed by atoms with Gasteiger partial charge < -0.3 is 15.0 Å². The standard InChI is InChI=1S/C21H24FN5O4/c1-21(31)8-10-26(12-16(21)27-9-7-18(28)25-20(27)30)19(29)4-2-3-17-23-14-6-5-13(22)11-15(14)24-17/h5-7,9,11,16,31H,2-4,8,10,12H2,1H3,(H,23,24)(H,25,28,30)/t16-,21-/m1/s1. The summed E-state index contributed by atoms with van der Waals surface area (Å²) in [6.45, 7) is 2.17. The molecule has 3 heterocycles. The number of amides is 1. The normalized spacial score (nSPS) is 21.5. The Hall–Kier alpha value is -3.27. The summed E-state index contributed by atoms with van der Waals surface area (Å²) in [7, 11) is 0. The number of nitrogens with zero attached hydrogens (tertiary/aromatic N) is 3. The Morgan fingerprint density at radius 3 is 2.90 bits per heavy atom. The van der Waals surface area contributed by atoms with Gasteiger partial charge in [-0.25, -0.2) is 14.2 Å². The van der Waals surface area contributed by atoms with Gasteiger partial charge in [-0.1, -0.05) is 0 Å². The maximum atomic E-state index is 13.3. The molecule has 1 saturated heterocycles. The van der Waals surface area contributed by atoms with E-state index in [9.17, 15) is 23.9 Å². The van der Waals surface area contributed by atoms with E-state index >= 15 is 0 Å². The van der Waals surface area contributed by atoms with Crippen LogP contribution in [-0.4, -0.2) is 54.1 Å². The number of carbonyl (C=O) groups excluding carboxylic acids is 1. The molecule has 0 aliphatic carbocycles. The van der Waals surface area contributed by atoms with Gasteiger partial charge in [0.15, 0.2) is 0 Å². The minimum atomic E-state index is -1.19. The molecule has 0 spiro atoms. The largest absolute Gasteiger partial charge is 0.388 e. The molecule has 1 aliphatic rings. The van der Waals surface area contributed by atoms with Gasteiger partial charge in [0.05, 0.1) is 22.7 Å². The van der Waals surface area contributed by atoms with E-state index in [0.29, 0.717) is 42.7 Å². The molecule has 0 saturated carbocycles. The number of aromatic nitrogens is 4. The second-order valence-corrected chi connectivity index (χ2v) is 8.18. The number of nitrogens with one attached hydrogen (secondary N) is 2. The number of carbonyl (C=O) groups is 1. The maximum Gasteiger partial charge on any atom is 0.328 e. The van der Waals surface area contributed by atoms with E-state index in [1.54, 1.807) is 17.9 Å². The van der Waals surface area contributed by atoms with Crippen molar-refractivity contribution in [3.8, 4) is 0 Å². The summed E-state index contributed by atoms with van der Waals surface area (Å²) < 4.78 is 14.6. The fourth-order valence-electron chi connectivity index (χ4n) is 4.03. The number of aliphatic hydroxyl groups is 1. The molecule has 3 aromatic rings. The van der Waals surface area contributed by atoms with Crippen molar-refractivity contribution in [3.63, 3.8) is 0 Å². The third-order valence-electron chi connectivity index (χ3n) is 5.84. The van der Waals surface area contributed by atoms with Gasteiger partial charge in [0, 0.05) is 38.2 Å². The van der Waals surface area contributed by atoms with Crippen molar-refractivity contribution in [2.45, 2.75) is 44.2 Å². The molecule has 31 heavy (non-hydrogen) atoms. The van der Waals surface area contributed by atoms with Crippen LogP contribution in [0, 0.1) is 5.82 Å². The zero-order valence-electron chi connectivity index (χ0n) is 17.1. The predicted octanol–water partition coefficient (Wildman–Crippen LogP) is 1.10. The Balaban J connectivity index is 1.39. The molecule has 1 fully saturated rings. The monoisotopic (exact) mass is 429 g/mol. The summed E-state index contributed by atoms with van der Waals surface area (Å²) in [5.41, 5.74) is -1.03. The summed E-state index contributed by atoms with van der Waals surface area (Å²) in [4.78, 5) is 47.6. The number of aromatic amines is 2. The van der Waals surface area contributed by atoms with Crippen LogP contribution in [0.1, 0.15) is 38.1 Å². The van der Waals surface area contributed by atoms with Crippen molar-refractivity contribution < 1.29 is 14.3 Å². The first-order valence-corrected chi connectivity index (χ1v) is 10.2. The van der Waals surface area contributed by atoms with Gasteiger partial charge in [-0.15, -0.1) is 0 Å². The number of aryl methyl sites for hydroxylation is 1. The number of H-pyrrole nitrogens is 2. The van der Waals surface area contributed by atoms with Crippen LogP contribution in [0.5, 0.6) is 0 Å². The van der Waals surface area contributed by atoms with Gasteiger partial charge in [0.1, 0.15) is 11.6 Å². The molecule has 4 rings (SSSR count). The van der Waals surface area contributed by atoms with Crippen LogP contribution >= 0.6 is 0 Å². The molecule has 0 unspecified atom stereocenters. The second-order valence-electron chi connectivity index (χ2n) is 8.18. The van der Waals surface area contributed by atoms with Crippen molar-refractivity contribution in [1.82, 2.24) is 24.4 Å². The molecule has 1 aliphatic heterocycles. The Morgan fingerprint density at radius 2 is 2.13 bits per heavy atom. The second kappa shape index (κ2) is 8.10. The molecule has 2 atom stereocenters. The number of piperidine rings is 1. The Labute approximate surface area is 176 Å². The summed E-state index contributed by atoms with van der Waals surface area (Å²) in [6.07, 6.45) is 3.03. The minimum Gasteiger partial charge on any atom is -0.388 e. The quantitative estimate of drug-likeness (QED) is 0.560. The van der Waals surface area contributed by atoms with Gasteiger partial charge >= 0.3 is 5.69 Å². The Morgan fingerprint density at radius 1 is 1.32 bits per heavy atom.